The van der Waals surface area contributed by atoms with Crippen LogP contribution in [0.1, 0.15) is 58.9 Å². The first-order valence-electron chi connectivity index (χ1n) is 10.6. The maximum atomic E-state index is 13.7. The van der Waals surface area contributed by atoms with Crippen molar-refractivity contribution in [2.75, 3.05) is 0 Å². The van der Waals surface area contributed by atoms with Crippen LogP contribution in [0.2, 0.25) is 5.02 Å². The summed E-state index contributed by atoms with van der Waals surface area (Å²) in [6, 6.07) is 2.46. The zero-order valence-electron chi connectivity index (χ0n) is 17.8. The zero-order chi connectivity index (χ0) is 23.5. The van der Waals surface area contributed by atoms with Crippen LogP contribution in [0.25, 0.3) is 11.4 Å². The molecule has 0 radical (unpaired) electrons. The number of hydrogen-bond acceptors (Lipinski definition) is 5. The molecule has 2 bridgehead atoms. The van der Waals surface area contributed by atoms with E-state index in [4.69, 9.17) is 16.6 Å². The summed E-state index contributed by atoms with van der Waals surface area (Å²) in [5.41, 5.74) is 1.70. The highest BCUT2D eigenvalue weighted by atomic mass is 35.5. The largest absolute Gasteiger partial charge is 0.434 e. The Morgan fingerprint density at radius 3 is 2.70 bits per heavy atom. The van der Waals surface area contributed by atoms with E-state index < -0.39 is 28.8 Å². The van der Waals surface area contributed by atoms with Gasteiger partial charge in [-0.1, -0.05) is 18.5 Å². The third-order valence-corrected chi connectivity index (χ3v) is 6.82. The first kappa shape index (κ1) is 21.8. The van der Waals surface area contributed by atoms with Crippen LogP contribution in [0.5, 0.6) is 0 Å². The van der Waals surface area contributed by atoms with E-state index in [1.165, 1.54) is 6.07 Å². The molecule has 0 aromatic carbocycles. The third-order valence-electron chi connectivity index (χ3n) is 6.44. The minimum absolute atomic E-state index is 0.0517. The van der Waals surface area contributed by atoms with Crippen molar-refractivity contribution >= 4 is 17.5 Å². The van der Waals surface area contributed by atoms with Gasteiger partial charge in [-0.05, 0) is 44.2 Å². The Balaban J connectivity index is 1.63. The van der Waals surface area contributed by atoms with Crippen molar-refractivity contribution in [1.29, 1.82) is 0 Å². The van der Waals surface area contributed by atoms with Crippen LogP contribution < -0.4 is 0 Å². The van der Waals surface area contributed by atoms with Gasteiger partial charge in [-0.25, -0.2) is 9.97 Å². The Morgan fingerprint density at radius 2 is 2.00 bits per heavy atom. The molecule has 0 unspecified atom stereocenters. The Labute approximate surface area is 192 Å². The van der Waals surface area contributed by atoms with E-state index in [1.807, 2.05) is 13.0 Å². The van der Waals surface area contributed by atoms with Gasteiger partial charge in [0.25, 0.3) is 5.91 Å². The Kier molecular flexibility index (Phi) is 5.15. The summed E-state index contributed by atoms with van der Waals surface area (Å²) in [5.74, 6) is 0.0543. The highest BCUT2D eigenvalue weighted by Gasteiger charge is 2.47. The molecule has 2 aliphatic heterocycles. The molecule has 11 heteroatoms. The summed E-state index contributed by atoms with van der Waals surface area (Å²) >= 11 is 6.05. The maximum Gasteiger partial charge on any atom is 0.434 e. The van der Waals surface area contributed by atoms with Gasteiger partial charge >= 0.3 is 6.18 Å². The Bertz CT molecular complexity index is 1230. The highest BCUT2D eigenvalue weighted by molar-refractivity contribution is 6.34. The molecule has 33 heavy (non-hydrogen) atoms. The van der Waals surface area contributed by atoms with Gasteiger partial charge in [0.05, 0.1) is 33.7 Å². The molecule has 0 spiro atoms. The van der Waals surface area contributed by atoms with Crippen molar-refractivity contribution in [3.05, 3.63) is 57.9 Å². The molecule has 1 N–H and O–H groups in total. The predicted molar refractivity (Wildman–Crippen MR) is 113 cm³/mol. The predicted octanol–water partition coefficient (Wildman–Crippen LogP) is 4.78. The molecule has 1 fully saturated rings. The topological polar surface area (TPSA) is 87.7 Å². The number of carbonyl (C=O) groups excluding carboxylic acids is 1. The highest BCUT2D eigenvalue weighted by Crippen LogP contribution is 2.47. The maximum absolute atomic E-state index is 13.7. The number of rotatable bonds is 2. The number of hydrogen-bond donors (Lipinski definition) is 1. The second-order valence-electron chi connectivity index (χ2n) is 8.54. The lowest BCUT2D eigenvalue weighted by molar-refractivity contribution is -0.141. The molecule has 1 saturated heterocycles. The lowest BCUT2D eigenvalue weighted by Gasteiger charge is -2.49. The van der Waals surface area contributed by atoms with E-state index in [1.54, 1.807) is 18.0 Å². The number of piperidine rings is 1. The number of pyridine rings is 1. The molecule has 3 aromatic rings. The van der Waals surface area contributed by atoms with E-state index in [9.17, 15) is 18.0 Å². The van der Waals surface area contributed by atoms with Crippen LogP contribution in [0.3, 0.4) is 0 Å². The molecule has 2 aliphatic rings. The number of fused-ring (bicyclic) bond motifs is 4. The van der Waals surface area contributed by atoms with Crippen LogP contribution in [0.15, 0.2) is 24.5 Å². The Morgan fingerprint density at radius 1 is 1.21 bits per heavy atom. The van der Waals surface area contributed by atoms with E-state index >= 15 is 0 Å². The Hall–Kier alpha value is -3.01. The van der Waals surface area contributed by atoms with Gasteiger partial charge in [0, 0.05) is 24.0 Å². The molecule has 3 atom stereocenters. The molecule has 0 saturated carbocycles. The van der Waals surface area contributed by atoms with Gasteiger partial charge < -0.3 is 4.90 Å². The third kappa shape index (κ3) is 3.56. The first-order chi connectivity index (χ1) is 15.7. The fourth-order valence-corrected chi connectivity index (χ4v) is 5.30. The van der Waals surface area contributed by atoms with Crippen LogP contribution in [0, 0.1) is 12.8 Å². The van der Waals surface area contributed by atoms with Crippen molar-refractivity contribution in [3.63, 3.8) is 0 Å². The quantitative estimate of drug-likeness (QED) is 0.575. The molecule has 3 aromatic heterocycles. The molecule has 5 rings (SSSR count). The van der Waals surface area contributed by atoms with Crippen LogP contribution in [-0.2, 0) is 12.6 Å². The minimum Gasteiger partial charge on any atom is -0.326 e. The van der Waals surface area contributed by atoms with Gasteiger partial charge in [-0.2, -0.15) is 18.3 Å². The number of aromatic nitrogens is 5. The fourth-order valence-electron chi connectivity index (χ4n) is 5.00. The fraction of sp³-hybridized carbons (Fsp3) is 0.409. The summed E-state index contributed by atoms with van der Waals surface area (Å²) in [6.07, 6.45) is -0.0540. The molecule has 5 heterocycles. The standard InChI is InChI=1S/C22H20ClF3N6O/c1-10-3-4-12-9-14-17(15-6-8-28-31-15)29-11(2)30-18(14)19(10)32(12)21(33)13-5-7-27-20(16(13)23)22(24,25)26/h5-8,10,12,19H,3-4,9H2,1-2H3,(H,28,31)/t10-,12+,19-/m1/s1. The molecular weight excluding hydrogens is 457 g/mol. The van der Waals surface area contributed by atoms with Crippen molar-refractivity contribution < 1.29 is 18.0 Å². The van der Waals surface area contributed by atoms with Crippen LogP contribution in [-0.4, -0.2) is 42.0 Å². The number of amides is 1. The number of nitrogens with one attached hydrogen (secondary N) is 1. The number of nitrogens with zero attached hydrogens (tertiary/aromatic N) is 5. The van der Waals surface area contributed by atoms with E-state index in [0.717, 1.165) is 35.3 Å². The van der Waals surface area contributed by atoms with Crippen molar-refractivity contribution in [2.24, 2.45) is 5.92 Å². The van der Waals surface area contributed by atoms with Gasteiger partial charge in [0.2, 0.25) is 0 Å². The van der Waals surface area contributed by atoms with Crippen molar-refractivity contribution in [2.45, 2.75) is 51.4 Å². The number of alkyl halides is 3. The van der Waals surface area contributed by atoms with Crippen molar-refractivity contribution in [1.82, 2.24) is 30.0 Å². The lowest BCUT2D eigenvalue weighted by Crippen LogP contribution is -2.53. The van der Waals surface area contributed by atoms with Gasteiger partial charge in [-0.3, -0.25) is 14.9 Å². The molecule has 172 valence electrons. The SMILES string of the molecule is Cc1nc(-c2ccn[nH]2)c2c(n1)[C@H]1[C@H](C)CC[C@@H](C2)N1C(=O)c1ccnc(C(F)(F)F)c1Cl. The van der Waals surface area contributed by atoms with E-state index in [0.29, 0.717) is 18.7 Å². The number of H-pyrrole nitrogens is 1. The summed E-state index contributed by atoms with van der Waals surface area (Å²) in [4.78, 5) is 28.0. The molecular formula is C22H20ClF3N6O. The minimum atomic E-state index is -4.76. The average Bonchev–Trinajstić information content (AvgIpc) is 3.29. The summed E-state index contributed by atoms with van der Waals surface area (Å²) in [6.45, 7) is 3.81. The number of carbonyl (C=O) groups is 1. The normalized spacial score (nSPS) is 22.2. The summed E-state index contributed by atoms with van der Waals surface area (Å²) in [7, 11) is 0. The van der Waals surface area contributed by atoms with Crippen LogP contribution in [0.4, 0.5) is 13.2 Å². The monoisotopic (exact) mass is 476 g/mol. The molecule has 7 nitrogen and oxygen atoms in total. The number of aromatic amines is 1. The number of aryl methyl sites for hydroxylation is 1. The smallest absolute Gasteiger partial charge is 0.326 e. The van der Waals surface area contributed by atoms with E-state index in [-0.39, 0.29) is 17.5 Å². The lowest BCUT2D eigenvalue weighted by atomic mass is 9.76. The molecule has 0 aliphatic carbocycles. The van der Waals surface area contributed by atoms with Gasteiger partial charge in [0.15, 0.2) is 5.69 Å². The molecule has 1 amide bonds. The summed E-state index contributed by atoms with van der Waals surface area (Å²) < 4.78 is 40.1. The van der Waals surface area contributed by atoms with Crippen molar-refractivity contribution in [3.8, 4) is 11.4 Å². The second kappa shape index (κ2) is 7.79. The summed E-state index contributed by atoms with van der Waals surface area (Å²) in [5, 5.41) is 6.29. The van der Waals surface area contributed by atoms with E-state index in [2.05, 4.69) is 20.2 Å². The number of halogens is 4. The first-order valence-corrected chi connectivity index (χ1v) is 11.0. The van der Waals surface area contributed by atoms with Gasteiger partial charge in [0.1, 0.15) is 5.82 Å². The second-order valence-corrected chi connectivity index (χ2v) is 8.92. The average molecular weight is 477 g/mol. The van der Waals surface area contributed by atoms with Gasteiger partial charge in [-0.15, -0.1) is 0 Å². The zero-order valence-corrected chi connectivity index (χ0v) is 18.6. The van der Waals surface area contributed by atoms with Crippen LogP contribution >= 0.6 is 11.6 Å².